The Morgan fingerprint density at radius 1 is 1.28 bits per heavy atom. The molecule has 0 bridgehead atoms. The number of amides is 1. The fraction of sp³-hybridized carbons (Fsp3) is 0.846. The molecular weight excluding hydrogens is 232 g/mol. The summed E-state index contributed by atoms with van der Waals surface area (Å²) >= 11 is 0. The van der Waals surface area contributed by atoms with Gasteiger partial charge < -0.3 is 9.64 Å². The molecule has 0 aromatic rings. The Morgan fingerprint density at radius 3 is 2.33 bits per heavy atom. The van der Waals surface area contributed by atoms with Crippen LogP contribution in [0.1, 0.15) is 26.7 Å². The minimum Gasteiger partial charge on any atom is -0.469 e. The molecule has 1 heterocycles. The van der Waals surface area contributed by atoms with Crippen LogP contribution < -0.4 is 0 Å². The van der Waals surface area contributed by atoms with Gasteiger partial charge in [0.05, 0.1) is 19.6 Å². The van der Waals surface area contributed by atoms with Gasteiger partial charge in [-0.3, -0.25) is 14.5 Å². The first-order valence-corrected chi connectivity index (χ1v) is 6.53. The number of likely N-dealkylation sites (N-methyl/N-ethyl adjacent to an activating group) is 1. The second kappa shape index (κ2) is 6.73. The molecule has 104 valence electrons. The summed E-state index contributed by atoms with van der Waals surface area (Å²) in [6, 6.07) is -0.0102. The predicted octanol–water partition coefficient (Wildman–Crippen LogP) is 0.738. The highest BCUT2D eigenvalue weighted by atomic mass is 16.5. The van der Waals surface area contributed by atoms with E-state index < -0.39 is 0 Å². The Hall–Kier alpha value is -1.10. The number of methoxy groups -OCH3 is 1. The van der Waals surface area contributed by atoms with Crippen LogP contribution in [0.4, 0.5) is 0 Å². The summed E-state index contributed by atoms with van der Waals surface area (Å²) in [6.45, 7) is 5.87. The van der Waals surface area contributed by atoms with Crippen molar-refractivity contribution in [3.05, 3.63) is 0 Å². The quantitative estimate of drug-likeness (QED) is 0.681. The predicted molar refractivity (Wildman–Crippen MR) is 69.1 cm³/mol. The molecule has 0 aromatic heterocycles. The van der Waals surface area contributed by atoms with E-state index in [1.165, 1.54) is 7.11 Å². The molecule has 1 fully saturated rings. The first kappa shape index (κ1) is 15.0. The largest absolute Gasteiger partial charge is 0.469 e. The molecule has 1 aliphatic rings. The summed E-state index contributed by atoms with van der Waals surface area (Å²) in [7, 11) is 3.26. The van der Waals surface area contributed by atoms with Crippen molar-refractivity contribution in [3.8, 4) is 0 Å². The number of likely N-dealkylation sites (tertiary alicyclic amines) is 1. The van der Waals surface area contributed by atoms with E-state index in [1.54, 1.807) is 0 Å². The number of ether oxygens (including phenoxy) is 1. The summed E-state index contributed by atoms with van der Waals surface area (Å²) in [5, 5.41) is 0. The standard InChI is InChI=1S/C13H24N2O3/c1-10(13(17)18-4)11(2)14(3)9-12(16)15-7-5-6-8-15/h10-11H,5-9H2,1-4H3. The number of rotatable bonds is 5. The summed E-state index contributed by atoms with van der Waals surface area (Å²) in [5.41, 5.74) is 0. The van der Waals surface area contributed by atoms with Crippen molar-refractivity contribution < 1.29 is 14.3 Å². The van der Waals surface area contributed by atoms with Crippen molar-refractivity contribution >= 4 is 11.9 Å². The van der Waals surface area contributed by atoms with Crippen LogP contribution in [0.3, 0.4) is 0 Å². The van der Waals surface area contributed by atoms with Crippen LogP contribution in [0, 0.1) is 5.92 Å². The molecule has 0 radical (unpaired) electrons. The molecule has 5 heteroatoms. The first-order chi connectivity index (χ1) is 8.47. The van der Waals surface area contributed by atoms with Crippen LogP contribution in [-0.4, -0.2) is 61.5 Å². The van der Waals surface area contributed by atoms with Crippen molar-refractivity contribution in [3.63, 3.8) is 0 Å². The molecule has 1 rings (SSSR count). The van der Waals surface area contributed by atoms with Crippen molar-refractivity contribution in [2.75, 3.05) is 33.8 Å². The molecule has 0 spiro atoms. The Kier molecular flexibility index (Phi) is 5.59. The van der Waals surface area contributed by atoms with Gasteiger partial charge in [-0.15, -0.1) is 0 Å². The summed E-state index contributed by atoms with van der Waals surface area (Å²) in [4.78, 5) is 27.3. The van der Waals surface area contributed by atoms with Crippen molar-refractivity contribution in [2.24, 2.45) is 5.92 Å². The molecule has 0 aliphatic carbocycles. The fourth-order valence-corrected chi connectivity index (χ4v) is 2.19. The van der Waals surface area contributed by atoms with E-state index in [0.29, 0.717) is 6.54 Å². The molecule has 2 atom stereocenters. The normalized spacial score (nSPS) is 18.8. The average Bonchev–Trinajstić information content (AvgIpc) is 2.89. The number of esters is 1. The lowest BCUT2D eigenvalue weighted by Gasteiger charge is -2.29. The lowest BCUT2D eigenvalue weighted by molar-refractivity contribution is -0.147. The van der Waals surface area contributed by atoms with Gasteiger partial charge in [0.15, 0.2) is 0 Å². The Balaban J connectivity index is 2.45. The van der Waals surface area contributed by atoms with Crippen molar-refractivity contribution in [1.29, 1.82) is 0 Å². The van der Waals surface area contributed by atoms with Gasteiger partial charge in [-0.05, 0) is 26.8 Å². The highest BCUT2D eigenvalue weighted by Crippen LogP contribution is 2.13. The van der Waals surface area contributed by atoms with E-state index in [1.807, 2.05) is 30.7 Å². The number of hydrogen-bond donors (Lipinski definition) is 0. The van der Waals surface area contributed by atoms with Crippen LogP contribution in [0.25, 0.3) is 0 Å². The minimum atomic E-state index is -0.233. The summed E-state index contributed by atoms with van der Waals surface area (Å²) in [6.07, 6.45) is 2.20. The third-order valence-corrected chi connectivity index (χ3v) is 3.84. The van der Waals surface area contributed by atoms with Gasteiger partial charge in [0.2, 0.25) is 5.91 Å². The molecule has 18 heavy (non-hydrogen) atoms. The molecular formula is C13H24N2O3. The molecule has 1 saturated heterocycles. The zero-order chi connectivity index (χ0) is 13.7. The topological polar surface area (TPSA) is 49.9 Å². The first-order valence-electron chi connectivity index (χ1n) is 6.53. The number of nitrogens with zero attached hydrogens (tertiary/aromatic N) is 2. The van der Waals surface area contributed by atoms with Gasteiger partial charge in [0, 0.05) is 19.1 Å². The molecule has 0 saturated carbocycles. The molecule has 5 nitrogen and oxygen atoms in total. The summed E-state index contributed by atoms with van der Waals surface area (Å²) in [5.74, 6) is -0.312. The van der Waals surface area contributed by atoms with Gasteiger partial charge in [-0.25, -0.2) is 0 Å². The maximum Gasteiger partial charge on any atom is 0.309 e. The Bertz CT molecular complexity index is 301. The zero-order valence-corrected chi connectivity index (χ0v) is 11.8. The van der Waals surface area contributed by atoms with Gasteiger partial charge in [0.1, 0.15) is 0 Å². The number of carbonyl (C=O) groups excluding carboxylic acids is 2. The lowest BCUT2D eigenvalue weighted by Crippen LogP contribution is -2.44. The lowest BCUT2D eigenvalue weighted by atomic mass is 10.0. The summed E-state index contributed by atoms with van der Waals surface area (Å²) < 4.78 is 4.73. The second-order valence-corrected chi connectivity index (χ2v) is 5.06. The number of carbonyl (C=O) groups is 2. The minimum absolute atomic E-state index is 0.0102. The van der Waals surface area contributed by atoms with Crippen LogP contribution in [0.5, 0.6) is 0 Å². The molecule has 1 amide bonds. The SMILES string of the molecule is COC(=O)C(C)C(C)N(C)CC(=O)N1CCCC1. The van der Waals surface area contributed by atoms with Crippen LogP contribution in [0.15, 0.2) is 0 Å². The Labute approximate surface area is 109 Å². The highest BCUT2D eigenvalue weighted by Gasteiger charge is 2.27. The van der Waals surface area contributed by atoms with Crippen molar-refractivity contribution in [1.82, 2.24) is 9.80 Å². The maximum absolute atomic E-state index is 12.0. The van der Waals surface area contributed by atoms with Gasteiger partial charge in [0.25, 0.3) is 0 Å². The monoisotopic (exact) mass is 256 g/mol. The molecule has 1 aliphatic heterocycles. The van der Waals surface area contributed by atoms with Gasteiger partial charge in [-0.2, -0.15) is 0 Å². The van der Waals surface area contributed by atoms with Gasteiger partial charge in [-0.1, -0.05) is 6.92 Å². The third-order valence-electron chi connectivity index (χ3n) is 3.84. The van der Waals surface area contributed by atoms with E-state index in [4.69, 9.17) is 4.74 Å². The van der Waals surface area contributed by atoms with E-state index >= 15 is 0 Å². The average molecular weight is 256 g/mol. The smallest absolute Gasteiger partial charge is 0.309 e. The van der Waals surface area contributed by atoms with Crippen LogP contribution in [-0.2, 0) is 14.3 Å². The zero-order valence-electron chi connectivity index (χ0n) is 11.8. The van der Waals surface area contributed by atoms with Crippen LogP contribution in [0.2, 0.25) is 0 Å². The number of hydrogen-bond acceptors (Lipinski definition) is 4. The highest BCUT2D eigenvalue weighted by molar-refractivity contribution is 5.78. The van der Waals surface area contributed by atoms with E-state index in [0.717, 1.165) is 25.9 Å². The molecule has 2 unspecified atom stereocenters. The van der Waals surface area contributed by atoms with Crippen molar-refractivity contribution in [2.45, 2.75) is 32.7 Å². The van der Waals surface area contributed by atoms with E-state index in [-0.39, 0.29) is 23.8 Å². The molecule has 0 N–H and O–H groups in total. The Morgan fingerprint density at radius 2 is 1.83 bits per heavy atom. The molecule has 0 aromatic carbocycles. The third kappa shape index (κ3) is 3.70. The van der Waals surface area contributed by atoms with E-state index in [2.05, 4.69) is 0 Å². The maximum atomic E-state index is 12.0. The second-order valence-electron chi connectivity index (χ2n) is 5.06. The fourth-order valence-electron chi connectivity index (χ4n) is 2.19. The van der Waals surface area contributed by atoms with Crippen LogP contribution >= 0.6 is 0 Å². The van der Waals surface area contributed by atoms with Gasteiger partial charge >= 0.3 is 5.97 Å². The van der Waals surface area contributed by atoms with E-state index in [9.17, 15) is 9.59 Å².